The van der Waals surface area contributed by atoms with Gasteiger partial charge in [0.1, 0.15) is 0 Å². The van der Waals surface area contributed by atoms with Crippen LogP contribution in [0.3, 0.4) is 0 Å². The molecule has 0 aliphatic heterocycles. The third-order valence-corrected chi connectivity index (χ3v) is 4.66. The van der Waals surface area contributed by atoms with E-state index in [0.29, 0.717) is 24.6 Å². The van der Waals surface area contributed by atoms with Crippen LogP contribution in [0.5, 0.6) is 0 Å². The Kier molecular flexibility index (Phi) is 5.21. The first-order valence-electron chi connectivity index (χ1n) is 6.41. The summed E-state index contributed by atoms with van der Waals surface area (Å²) < 4.78 is 31.8. The zero-order chi connectivity index (χ0) is 13.7. The van der Waals surface area contributed by atoms with Gasteiger partial charge in [-0.25, -0.2) is 13.1 Å². The summed E-state index contributed by atoms with van der Waals surface area (Å²) in [5, 5.41) is 0.521. The molecule has 1 aromatic carbocycles. The monoisotopic (exact) mass is 303 g/mol. The molecule has 1 aromatic rings. The molecular weight excluding hydrogens is 286 g/mol. The van der Waals surface area contributed by atoms with Gasteiger partial charge in [-0.15, -0.1) is 0 Å². The summed E-state index contributed by atoms with van der Waals surface area (Å²) in [5.74, 6) is 0.741. The van der Waals surface area contributed by atoms with Crippen LogP contribution >= 0.6 is 11.6 Å². The fourth-order valence-corrected chi connectivity index (χ4v) is 2.81. The van der Waals surface area contributed by atoms with Crippen molar-refractivity contribution in [2.75, 3.05) is 19.8 Å². The van der Waals surface area contributed by atoms with Crippen LogP contribution in [0.25, 0.3) is 0 Å². The van der Waals surface area contributed by atoms with Crippen molar-refractivity contribution in [3.8, 4) is 0 Å². The Morgan fingerprint density at radius 3 is 2.58 bits per heavy atom. The minimum atomic E-state index is -3.43. The largest absolute Gasteiger partial charge is 0.381 e. The lowest BCUT2D eigenvalue weighted by Gasteiger charge is -2.07. The van der Waals surface area contributed by atoms with E-state index in [1.54, 1.807) is 12.1 Å². The summed E-state index contributed by atoms with van der Waals surface area (Å²) >= 11 is 5.72. The Morgan fingerprint density at radius 1 is 1.26 bits per heavy atom. The van der Waals surface area contributed by atoms with Crippen LogP contribution in [0, 0.1) is 5.92 Å². The van der Waals surface area contributed by atoms with Crippen molar-refractivity contribution in [3.05, 3.63) is 29.3 Å². The van der Waals surface area contributed by atoms with E-state index in [4.69, 9.17) is 16.3 Å². The fourth-order valence-electron chi connectivity index (χ4n) is 1.61. The maximum Gasteiger partial charge on any atom is 0.240 e. The SMILES string of the molecule is O=S(=O)(NCCCOCC1CC1)c1ccc(Cl)cc1. The molecule has 0 unspecified atom stereocenters. The van der Waals surface area contributed by atoms with E-state index >= 15 is 0 Å². The number of sulfonamides is 1. The van der Waals surface area contributed by atoms with E-state index < -0.39 is 10.0 Å². The number of hydrogen-bond donors (Lipinski definition) is 1. The highest BCUT2D eigenvalue weighted by atomic mass is 35.5. The van der Waals surface area contributed by atoms with E-state index in [9.17, 15) is 8.42 Å². The van der Waals surface area contributed by atoms with Crippen LogP contribution in [0.4, 0.5) is 0 Å². The molecule has 0 aromatic heterocycles. The molecule has 0 radical (unpaired) electrons. The first kappa shape index (κ1) is 14.8. The average molecular weight is 304 g/mol. The second-order valence-electron chi connectivity index (χ2n) is 4.72. The maximum atomic E-state index is 11.9. The van der Waals surface area contributed by atoms with Crippen molar-refractivity contribution < 1.29 is 13.2 Å². The highest BCUT2D eigenvalue weighted by Crippen LogP contribution is 2.28. The maximum absolute atomic E-state index is 11.9. The molecule has 1 aliphatic carbocycles. The summed E-state index contributed by atoms with van der Waals surface area (Å²) in [6, 6.07) is 6.12. The highest BCUT2D eigenvalue weighted by Gasteiger charge is 2.20. The van der Waals surface area contributed by atoms with Crippen LogP contribution in [-0.2, 0) is 14.8 Å². The molecule has 0 atom stereocenters. The second kappa shape index (κ2) is 6.70. The number of rotatable bonds is 8. The van der Waals surface area contributed by atoms with E-state index in [1.165, 1.54) is 25.0 Å². The lowest BCUT2D eigenvalue weighted by molar-refractivity contribution is 0.123. The summed E-state index contributed by atoms with van der Waals surface area (Å²) in [6.45, 7) is 1.79. The average Bonchev–Trinajstić information content (AvgIpc) is 3.18. The van der Waals surface area contributed by atoms with Gasteiger partial charge in [0, 0.05) is 24.8 Å². The molecule has 6 heteroatoms. The van der Waals surface area contributed by atoms with Crippen molar-refractivity contribution in [2.24, 2.45) is 5.92 Å². The quantitative estimate of drug-likeness (QED) is 0.751. The number of hydrogen-bond acceptors (Lipinski definition) is 3. The number of halogens is 1. The van der Waals surface area contributed by atoms with Crippen LogP contribution in [-0.4, -0.2) is 28.2 Å². The standard InChI is InChI=1S/C13H18ClNO3S/c14-12-4-6-13(7-5-12)19(16,17)15-8-1-9-18-10-11-2-3-11/h4-7,11,15H,1-3,8-10H2. The van der Waals surface area contributed by atoms with Gasteiger partial charge in [0.15, 0.2) is 0 Å². The zero-order valence-electron chi connectivity index (χ0n) is 10.6. The molecular formula is C13H18ClNO3S. The lowest BCUT2D eigenvalue weighted by Crippen LogP contribution is -2.25. The minimum Gasteiger partial charge on any atom is -0.381 e. The number of ether oxygens (including phenoxy) is 1. The van der Waals surface area contributed by atoms with Gasteiger partial charge in [-0.3, -0.25) is 0 Å². The van der Waals surface area contributed by atoms with Gasteiger partial charge in [-0.2, -0.15) is 0 Å². The highest BCUT2D eigenvalue weighted by molar-refractivity contribution is 7.89. The Hall–Kier alpha value is -0.620. The van der Waals surface area contributed by atoms with Crippen LogP contribution in [0.1, 0.15) is 19.3 Å². The van der Waals surface area contributed by atoms with Gasteiger partial charge in [-0.05, 0) is 49.4 Å². The van der Waals surface area contributed by atoms with Gasteiger partial charge in [0.05, 0.1) is 4.90 Å². The number of nitrogens with one attached hydrogen (secondary N) is 1. The van der Waals surface area contributed by atoms with Gasteiger partial charge in [0.25, 0.3) is 0 Å². The predicted molar refractivity (Wildman–Crippen MR) is 74.8 cm³/mol. The molecule has 1 fully saturated rings. The third-order valence-electron chi connectivity index (χ3n) is 2.93. The summed E-state index contributed by atoms with van der Waals surface area (Å²) in [7, 11) is -3.43. The lowest BCUT2D eigenvalue weighted by atomic mass is 10.4. The first-order chi connectivity index (χ1) is 9.08. The van der Waals surface area contributed by atoms with Crippen molar-refractivity contribution >= 4 is 21.6 Å². The van der Waals surface area contributed by atoms with Gasteiger partial charge < -0.3 is 4.74 Å². The van der Waals surface area contributed by atoms with Gasteiger partial charge in [0.2, 0.25) is 10.0 Å². The second-order valence-corrected chi connectivity index (χ2v) is 6.93. The van der Waals surface area contributed by atoms with Crippen LogP contribution in [0.2, 0.25) is 5.02 Å². The molecule has 19 heavy (non-hydrogen) atoms. The van der Waals surface area contributed by atoms with E-state index in [1.807, 2.05) is 0 Å². The molecule has 0 amide bonds. The molecule has 0 saturated heterocycles. The van der Waals surface area contributed by atoms with Gasteiger partial charge in [-0.1, -0.05) is 11.6 Å². The molecule has 0 heterocycles. The molecule has 106 valence electrons. The Labute approximate surface area is 119 Å². The van der Waals surface area contributed by atoms with Gasteiger partial charge >= 0.3 is 0 Å². The summed E-state index contributed by atoms with van der Waals surface area (Å²) in [6.07, 6.45) is 3.21. The smallest absolute Gasteiger partial charge is 0.240 e. The molecule has 0 bridgehead atoms. The molecule has 1 saturated carbocycles. The zero-order valence-corrected chi connectivity index (χ0v) is 12.2. The van der Waals surface area contributed by atoms with E-state index in [0.717, 1.165) is 12.5 Å². The third kappa shape index (κ3) is 5.10. The van der Waals surface area contributed by atoms with Crippen molar-refractivity contribution in [3.63, 3.8) is 0 Å². The van der Waals surface area contributed by atoms with Crippen LogP contribution < -0.4 is 4.72 Å². The van der Waals surface area contributed by atoms with Crippen molar-refractivity contribution in [2.45, 2.75) is 24.2 Å². The minimum absolute atomic E-state index is 0.232. The summed E-state index contributed by atoms with van der Waals surface area (Å²) in [4.78, 5) is 0.232. The first-order valence-corrected chi connectivity index (χ1v) is 8.27. The molecule has 1 N–H and O–H groups in total. The normalized spacial score (nSPS) is 15.6. The van der Waals surface area contributed by atoms with Crippen molar-refractivity contribution in [1.82, 2.24) is 4.72 Å². The molecule has 2 rings (SSSR count). The molecule has 4 nitrogen and oxygen atoms in total. The predicted octanol–water partition coefficient (Wildman–Crippen LogP) is 2.43. The van der Waals surface area contributed by atoms with E-state index in [2.05, 4.69) is 4.72 Å². The van der Waals surface area contributed by atoms with Crippen molar-refractivity contribution in [1.29, 1.82) is 0 Å². The number of benzene rings is 1. The molecule has 0 spiro atoms. The fraction of sp³-hybridized carbons (Fsp3) is 0.538. The topological polar surface area (TPSA) is 55.4 Å². The Morgan fingerprint density at radius 2 is 1.95 bits per heavy atom. The van der Waals surface area contributed by atoms with E-state index in [-0.39, 0.29) is 4.90 Å². The molecule has 1 aliphatic rings. The Balaban J connectivity index is 1.69. The summed E-state index contributed by atoms with van der Waals surface area (Å²) in [5.41, 5.74) is 0. The van der Waals surface area contributed by atoms with Crippen LogP contribution in [0.15, 0.2) is 29.2 Å². The Bertz CT molecular complexity index is 497.